The third-order valence-electron chi connectivity index (χ3n) is 1.83. The van der Waals surface area contributed by atoms with Gasteiger partial charge in [0, 0.05) is 9.13 Å². The molecule has 0 fully saturated rings. The fourth-order valence-corrected chi connectivity index (χ4v) is 2.19. The molecule has 0 radical (unpaired) electrons. The maximum atomic E-state index is 11.2. The number of ketones is 1. The minimum Gasteiger partial charge on any atom is -0.294 e. The maximum Gasteiger partial charge on any atom is 0.161 e. The average Bonchev–Trinajstić information content (AvgIpc) is 2.03. The van der Waals surface area contributed by atoms with Crippen LogP contribution >= 0.6 is 22.6 Å². The number of benzene rings is 1. The molecule has 0 heterocycles. The molecule has 64 valence electrons. The van der Waals surface area contributed by atoms with Gasteiger partial charge in [-0.15, -0.1) is 0 Å². The Hall–Kier alpha value is -0.380. The summed E-state index contributed by atoms with van der Waals surface area (Å²) in [7, 11) is 0. The molecule has 1 aromatic rings. The van der Waals surface area contributed by atoms with Gasteiger partial charge in [-0.25, -0.2) is 0 Å². The normalized spacial score (nSPS) is 9.92. The van der Waals surface area contributed by atoms with Gasteiger partial charge in [0.2, 0.25) is 0 Å². The van der Waals surface area contributed by atoms with Crippen LogP contribution in [-0.2, 0) is 6.42 Å². The number of aryl methyl sites for hydroxylation is 1. The van der Waals surface area contributed by atoms with Crippen molar-refractivity contribution in [2.24, 2.45) is 0 Å². The first-order valence-corrected chi connectivity index (χ1v) is 5.03. The molecule has 0 aliphatic rings. The van der Waals surface area contributed by atoms with Crippen LogP contribution < -0.4 is 0 Å². The minimum absolute atomic E-state index is 0.164. The van der Waals surface area contributed by atoms with Crippen LogP contribution in [0.1, 0.15) is 29.8 Å². The number of rotatable bonds is 2. The van der Waals surface area contributed by atoms with Gasteiger partial charge in [0.1, 0.15) is 0 Å². The van der Waals surface area contributed by atoms with E-state index in [0.29, 0.717) is 0 Å². The van der Waals surface area contributed by atoms with Crippen LogP contribution in [0.25, 0.3) is 0 Å². The molecule has 0 amide bonds. The first-order valence-electron chi connectivity index (χ1n) is 3.95. The van der Waals surface area contributed by atoms with E-state index in [-0.39, 0.29) is 5.78 Å². The highest BCUT2D eigenvalue weighted by atomic mass is 127. The van der Waals surface area contributed by atoms with Crippen molar-refractivity contribution >= 4 is 28.4 Å². The first kappa shape index (κ1) is 9.71. The number of hydrogen-bond donors (Lipinski definition) is 0. The van der Waals surface area contributed by atoms with Gasteiger partial charge in [-0.3, -0.25) is 4.79 Å². The zero-order valence-corrected chi connectivity index (χ0v) is 9.38. The molecule has 0 spiro atoms. The SMILES string of the molecule is CCc1cccc(I)c1C(C)=O. The summed E-state index contributed by atoms with van der Waals surface area (Å²) in [4.78, 5) is 11.2. The fourth-order valence-electron chi connectivity index (χ4n) is 1.26. The minimum atomic E-state index is 0.164. The lowest BCUT2D eigenvalue weighted by Crippen LogP contribution is -2.01. The topological polar surface area (TPSA) is 17.1 Å². The number of halogens is 1. The van der Waals surface area contributed by atoms with E-state index in [9.17, 15) is 4.79 Å². The van der Waals surface area contributed by atoms with Gasteiger partial charge < -0.3 is 0 Å². The Bertz CT molecular complexity index is 305. The summed E-state index contributed by atoms with van der Waals surface area (Å²) in [6.07, 6.45) is 0.922. The molecule has 0 bridgehead atoms. The molecule has 0 saturated heterocycles. The van der Waals surface area contributed by atoms with E-state index in [1.54, 1.807) is 6.92 Å². The van der Waals surface area contributed by atoms with Crippen molar-refractivity contribution in [2.75, 3.05) is 0 Å². The Labute approximate surface area is 86.3 Å². The highest BCUT2D eigenvalue weighted by Gasteiger charge is 2.08. The summed E-state index contributed by atoms with van der Waals surface area (Å²) in [5, 5.41) is 0. The van der Waals surface area contributed by atoms with Gasteiger partial charge in [0.05, 0.1) is 0 Å². The highest BCUT2D eigenvalue weighted by Crippen LogP contribution is 2.17. The molecule has 0 aliphatic carbocycles. The molecule has 0 N–H and O–H groups in total. The predicted octanol–water partition coefficient (Wildman–Crippen LogP) is 3.06. The summed E-state index contributed by atoms with van der Waals surface area (Å²) >= 11 is 2.20. The highest BCUT2D eigenvalue weighted by molar-refractivity contribution is 14.1. The summed E-state index contributed by atoms with van der Waals surface area (Å²) < 4.78 is 1.06. The zero-order valence-electron chi connectivity index (χ0n) is 7.23. The monoisotopic (exact) mass is 274 g/mol. The maximum absolute atomic E-state index is 11.2. The van der Waals surface area contributed by atoms with Crippen molar-refractivity contribution in [2.45, 2.75) is 20.3 Å². The van der Waals surface area contributed by atoms with Crippen LogP contribution in [0, 0.1) is 3.57 Å². The van der Waals surface area contributed by atoms with E-state index in [0.717, 1.165) is 21.1 Å². The molecule has 0 unspecified atom stereocenters. The Kier molecular flexibility index (Phi) is 3.26. The molecular weight excluding hydrogens is 263 g/mol. The third kappa shape index (κ3) is 1.86. The molecule has 0 aromatic heterocycles. The molecule has 0 aliphatic heterocycles. The lowest BCUT2D eigenvalue weighted by Gasteiger charge is -2.05. The Morgan fingerprint density at radius 1 is 1.50 bits per heavy atom. The Morgan fingerprint density at radius 3 is 2.58 bits per heavy atom. The van der Waals surface area contributed by atoms with E-state index in [2.05, 4.69) is 29.5 Å². The number of Topliss-reactive ketones (excluding diaryl/α,β-unsaturated/α-hetero) is 1. The van der Waals surface area contributed by atoms with Gasteiger partial charge in [-0.1, -0.05) is 19.1 Å². The third-order valence-corrected chi connectivity index (χ3v) is 2.73. The quantitative estimate of drug-likeness (QED) is 0.598. The summed E-state index contributed by atoms with van der Waals surface area (Å²) in [6, 6.07) is 5.97. The lowest BCUT2D eigenvalue weighted by molar-refractivity contribution is 0.101. The number of carbonyl (C=O) groups is 1. The molecule has 0 atom stereocenters. The molecule has 2 heteroatoms. The molecule has 0 saturated carbocycles. The van der Waals surface area contributed by atoms with Gasteiger partial charge in [0.15, 0.2) is 5.78 Å². The molecule has 1 aromatic carbocycles. The lowest BCUT2D eigenvalue weighted by atomic mass is 10.0. The van der Waals surface area contributed by atoms with E-state index in [1.807, 2.05) is 18.2 Å². The van der Waals surface area contributed by atoms with Gasteiger partial charge in [0.25, 0.3) is 0 Å². The van der Waals surface area contributed by atoms with Crippen LogP contribution in [0.15, 0.2) is 18.2 Å². The van der Waals surface area contributed by atoms with Gasteiger partial charge >= 0.3 is 0 Å². The van der Waals surface area contributed by atoms with Crippen molar-refractivity contribution in [3.05, 3.63) is 32.9 Å². The fraction of sp³-hybridized carbons (Fsp3) is 0.300. The second kappa shape index (κ2) is 4.03. The Balaban J connectivity index is 3.29. The summed E-state index contributed by atoms with van der Waals surface area (Å²) in [5.41, 5.74) is 2.04. The molecule has 12 heavy (non-hydrogen) atoms. The molecule has 1 nitrogen and oxygen atoms in total. The van der Waals surface area contributed by atoms with Crippen LogP contribution in [-0.4, -0.2) is 5.78 Å². The largest absolute Gasteiger partial charge is 0.294 e. The molecule has 1 rings (SSSR count). The van der Waals surface area contributed by atoms with Crippen LogP contribution in [0.3, 0.4) is 0 Å². The van der Waals surface area contributed by atoms with E-state index < -0.39 is 0 Å². The average molecular weight is 274 g/mol. The van der Waals surface area contributed by atoms with Crippen LogP contribution in [0.2, 0.25) is 0 Å². The van der Waals surface area contributed by atoms with Crippen molar-refractivity contribution in [1.82, 2.24) is 0 Å². The summed E-state index contributed by atoms with van der Waals surface area (Å²) in [5.74, 6) is 0.164. The van der Waals surface area contributed by atoms with Crippen molar-refractivity contribution < 1.29 is 4.79 Å². The number of hydrogen-bond acceptors (Lipinski definition) is 1. The molecular formula is C10H11IO. The van der Waals surface area contributed by atoms with E-state index in [1.165, 1.54) is 0 Å². The van der Waals surface area contributed by atoms with Crippen molar-refractivity contribution in [3.8, 4) is 0 Å². The predicted molar refractivity (Wildman–Crippen MR) is 58.5 cm³/mol. The van der Waals surface area contributed by atoms with Crippen molar-refractivity contribution in [1.29, 1.82) is 0 Å². The number of carbonyl (C=O) groups excluding carboxylic acids is 1. The van der Waals surface area contributed by atoms with Gasteiger partial charge in [-0.05, 0) is 47.6 Å². The smallest absolute Gasteiger partial charge is 0.161 e. The van der Waals surface area contributed by atoms with Crippen molar-refractivity contribution in [3.63, 3.8) is 0 Å². The zero-order chi connectivity index (χ0) is 9.14. The standard InChI is InChI=1S/C10H11IO/c1-3-8-5-4-6-9(11)10(8)7(2)12/h4-6H,3H2,1-2H3. The second-order valence-electron chi connectivity index (χ2n) is 2.68. The van der Waals surface area contributed by atoms with E-state index >= 15 is 0 Å². The van der Waals surface area contributed by atoms with Crippen LogP contribution in [0.5, 0.6) is 0 Å². The second-order valence-corrected chi connectivity index (χ2v) is 3.85. The van der Waals surface area contributed by atoms with E-state index in [4.69, 9.17) is 0 Å². The Morgan fingerprint density at radius 2 is 2.17 bits per heavy atom. The van der Waals surface area contributed by atoms with Crippen LogP contribution in [0.4, 0.5) is 0 Å². The first-order chi connectivity index (χ1) is 5.66. The van der Waals surface area contributed by atoms with Gasteiger partial charge in [-0.2, -0.15) is 0 Å². The summed E-state index contributed by atoms with van der Waals surface area (Å²) in [6.45, 7) is 3.69.